The Kier molecular flexibility index (Phi) is 5.96. The van der Waals surface area contributed by atoms with Crippen LogP contribution in [0.4, 0.5) is 0 Å². The summed E-state index contributed by atoms with van der Waals surface area (Å²) in [7, 11) is 0. The van der Waals surface area contributed by atoms with Crippen LogP contribution in [-0.2, 0) is 6.42 Å². The van der Waals surface area contributed by atoms with E-state index in [1.807, 2.05) is 0 Å². The van der Waals surface area contributed by atoms with E-state index in [0.29, 0.717) is 6.04 Å². The second kappa shape index (κ2) is 8.16. The number of fused-ring (bicyclic) bond motifs is 1. The lowest BCUT2D eigenvalue weighted by Gasteiger charge is -2.24. The Morgan fingerprint density at radius 3 is 2.70 bits per heavy atom. The van der Waals surface area contributed by atoms with E-state index in [1.54, 1.807) is 0 Å². The number of rotatable bonds is 8. The maximum absolute atomic E-state index is 6.15. The lowest BCUT2D eigenvalue weighted by Crippen LogP contribution is -2.25. The highest BCUT2D eigenvalue weighted by Gasteiger charge is 2.31. The first kappa shape index (κ1) is 16.8. The number of benzene rings is 1. The van der Waals surface area contributed by atoms with Crippen LogP contribution in [0.2, 0.25) is 0 Å². The van der Waals surface area contributed by atoms with Crippen LogP contribution in [-0.4, -0.2) is 49.1 Å². The molecule has 1 saturated heterocycles. The molecule has 1 atom stereocenters. The lowest BCUT2D eigenvalue weighted by molar-refractivity contribution is 0.245. The van der Waals surface area contributed by atoms with Crippen molar-refractivity contribution in [1.29, 1.82) is 0 Å². The van der Waals surface area contributed by atoms with Gasteiger partial charge in [-0.3, -0.25) is 4.90 Å². The Bertz CT molecular complexity index is 492. The minimum atomic E-state index is 0.645. The van der Waals surface area contributed by atoms with E-state index in [9.17, 15) is 0 Å². The standard InChI is InChI=1S/C20H32N2O/c1-3-21(4-2)13-8-16-23-20-10-7-9-17-18(20)11-12-19(17)22-14-5-6-15-22/h7,9-10,19H,3-6,8,11-16H2,1-2H3. The van der Waals surface area contributed by atoms with Crippen molar-refractivity contribution in [3.63, 3.8) is 0 Å². The van der Waals surface area contributed by atoms with Crippen molar-refractivity contribution >= 4 is 0 Å². The third-order valence-electron chi connectivity index (χ3n) is 5.55. The summed E-state index contributed by atoms with van der Waals surface area (Å²) in [6.07, 6.45) is 6.31. The molecule has 3 heteroatoms. The Labute approximate surface area is 141 Å². The van der Waals surface area contributed by atoms with E-state index >= 15 is 0 Å². The second-order valence-corrected chi connectivity index (χ2v) is 6.85. The minimum Gasteiger partial charge on any atom is -0.493 e. The number of likely N-dealkylation sites (tertiary alicyclic amines) is 1. The first-order valence-electron chi connectivity index (χ1n) is 9.54. The van der Waals surface area contributed by atoms with Gasteiger partial charge in [-0.05, 0) is 75.5 Å². The largest absolute Gasteiger partial charge is 0.493 e. The van der Waals surface area contributed by atoms with Crippen LogP contribution in [0.5, 0.6) is 5.75 Å². The Morgan fingerprint density at radius 2 is 1.96 bits per heavy atom. The van der Waals surface area contributed by atoms with Gasteiger partial charge in [0.1, 0.15) is 5.75 Å². The molecule has 1 heterocycles. The summed E-state index contributed by atoms with van der Waals surface area (Å²) in [5.74, 6) is 1.14. The predicted octanol–water partition coefficient (Wildman–Crippen LogP) is 3.88. The van der Waals surface area contributed by atoms with E-state index < -0.39 is 0 Å². The molecule has 23 heavy (non-hydrogen) atoms. The zero-order chi connectivity index (χ0) is 16.1. The molecule has 3 rings (SSSR count). The highest BCUT2D eigenvalue weighted by Crippen LogP contribution is 2.41. The average Bonchev–Trinajstić information content (AvgIpc) is 3.24. The molecule has 0 bridgehead atoms. The number of nitrogens with zero attached hydrogens (tertiary/aromatic N) is 2. The molecule has 0 aromatic heterocycles. The van der Waals surface area contributed by atoms with Crippen LogP contribution >= 0.6 is 0 Å². The molecule has 0 radical (unpaired) electrons. The first-order valence-corrected chi connectivity index (χ1v) is 9.54. The van der Waals surface area contributed by atoms with Crippen molar-refractivity contribution in [1.82, 2.24) is 9.80 Å². The van der Waals surface area contributed by atoms with Gasteiger partial charge in [-0.2, -0.15) is 0 Å². The monoisotopic (exact) mass is 316 g/mol. The average molecular weight is 316 g/mol. The molecule has 2 aliphatic rings. The summed E-state index contributed by atoms with van der Waals surface area (Å²) in [6.45, 7) is 11.3. The summed E-state index contributed by atoms with van der Waals surface area (Å²) < 4.78 is 6.15. The van der Waals surface area contributed by atoms with Gasteiger partial charge in [0, 0.05) is 12.6 Å². The summed E-state index contributed by atoms with van der Waals surface area (Å²) >= 11 is 0. The van der Waals surface area contributed by atoms with Gasteiger partial charge < -0.3 is 9.64 Å². The van der Waals surface area contributed by atoms with Crippen LogP contribution in [0.15, 0.2) is 18.2 Å². The van der Waals surface area contributed by atoms with Crippen molar-refractivity contribution in [2.24, 2.45) is 0 Å². The fraction of sp³-hybridized carbons (Fsp3) is 0.700. The summed E-state index contributed by atoms with van der Waals surface area (Å²) in [6, 6.07) is 7.33. The fourth-order valence-electron chi connectivity index (χ4n) is 4.18. The van der Waals surface area contributed by atoms with E-state index in [2.05, 4.69) is 41.8 Å². The topological polar surface area (TPSA) is 15.7 Å². The first-order chi connectivity index (χ1) is 11.3. The Balaban J connectivity index is 1.57. The van der Waals surface area contributed by atoms with Crippen molar-refractivity contribution in [3.05, 3.63) is 29.3 Å². The summed E-state index contributed by atoms with van der Waals surface area (Å²) in [5, 5.41) is 0. The van der Waals surface area contributed by atoms with Crippen molar-refractivity contribution < 1.29 is 4.74 Å². The summed E-state index contributed by atoms with van der Waals surface area (Å²) in [4.78, 5) is 5.14. The molecular weight excluding hydrogens is 284 g/mol. The predicted molar refractivity (Wildman–Crippen MR) is 96.2 cm³/mol. The normalized spacial score (nSPS) is 21.1. The molecule has 0 amide bonds. The highest BCUT2D eigenvalue weighted by molar-refractivity contribution is 5.45. The van der Waals surface area contributed by atoms with Crippen molar-refractivity contribution in [2.75, 3.05) is 39.3 Å². The lowest BCUT2D eigenvalue weighted by atomic mass is 10.1. The molecule has 1 aliphatic heterocycles. The van der Waals surface area contributed by atoms with Crippen LogP contribution in [0.1, 0.15) is 56.7 Å². The second-order valence-electron chi connectivity index (χ2n) is 6.85. The molecular formula is C20H32N2O. The SMILES string of the molecule is CCN(CC)CCCOc1cccc2c1CCC2N1CCCC1. The quantitative estimate of drug-likeness (QED) is 0.677. The van der Waals surface area contributed by atoms with Gasteiger partial charge in [-0.25, -0.2) is 0 Å². The molecule has 0 spiro atoms. The number of hydrogen-bond donors (Lipinski definition) is 0. The van der Waals surface area contributed by atoms with E-state index in [1.165, 1.54) is 49.9 Å². The smallest absolute Gasteiger partial charge is 0.122 e. The van der Waals surface area contributed by atoms with Crippen molar-refractivity contribution in [2.45, 2.75) is 52.0 Å². The number of hydrogen-bond acceptors (Lipinski definition) is 3. The van der Waals surface area contributed by atoms with Crippen LogP contribution in [0.3, 0.4) is 0 Å². The van der Waals surface area contributed by atoms with Crippen LogP contribution in [0, 0.1) is 0 Å². The van der Waals surface area contributed by atoms with E-state index in [0.717, 1.165) is 38.4 Å². The van der Waals surface area contributed by atoms with Crippen molar-refractivity contribution in [3.8, 4) is 5.75 Å². The third-order valence-corrected chi connectivity index (χ3v) is 5.55. The fourth-order valence-corrected chi connectivity index (χ4v) is 4.18. The van der Waals surface area contributed by atoms with Gasteiger partial charge in [0.2, 0.25) is 0 Å². The molecule has 0 N–H and O–H groups in total. The molecule has 128 valence electrons. The van der Waals surface area contributed by atoms with Gasteiger partial charge in [-0.15, -0.1) is 0 Å². The summed E-state index contributed by atoms with van der Waals surface area (Å²) in [5.41, 5.74) is 3.01. The zero-order valence-corrected chi connectivity index (χ0v) is 14.9. The molecule has 1 aliphatic carbocycles. The molecule has 1 aromatic carbocycles. The maximum Gasteiger partial charge on any atom is 0.122 e. The molecule has 0 saturated carbocycles. The zero-order valence-electron chi connectivity index (χ0n) is 14.9. The molecule has 3 nitrogen and oxygen atoms in total. The van der Waals surface area contributed by atoms with E-state index in [-0.39, 0.29) is 0 Å². The minimum absolute atomic E-state index is 0.645. The van der Waals surface area contributed by atoms with Gasteiger partial charge in [0.05, 0.1) is 6.61 Å². The van der Waals surface area contributed by atoms with E-state index in [4.69, 9.17) is 4.74 Å². The molecule has 1 aromatic rings. The maximum atomic E-state index is 6.15. The van der Waals surface area contributed by atoms with Crippen LogP contribution < -0.4 is 4.74 Å². The van der Waals surface area contributed by atoms with Gasteiger partial charge in [0.25, 0.3) is 0 Å². The molecule has 1 fully saturated rings. The van der Waals surface area contributed by atoms with Gasteiger partial charge >= 0.3 is 0 Å². The van der Waals surface area contributed by atoms with Gasteiger partial charge in [0.15, 0.2) is 0 Å². The highest BCUT2D eigenvalue weighted by atomic mass is 16.5. The third kappa shape index (κ3) is 3.89. The van der Waals surface area contributed by atoms with Gasteiger partial charge in [-0.1, -0.05) is 26.0 Å². The Morgan fingerprint density at radius 1 is 1.17 bits per heavy atom. The van der Waals surface area contributed by atoms with Crippen LogP contribution in [0.25, 0.3) is 0 Å². The number of ether oxygens (including phenoxy) is 1. The molecule has 1 unspecified atom stereocenters. The Hall–Kier alpha value is -1.06.